The highest BCUT2D eigenvalue weighted by Crippen LogP contribution is 2.38. The molecular formula is C39H38O6. The Balaban J connectivity index is 1.11. The summed E-state index contributed by atoms with van der Waals surface area (Å²) in [4.78, 5) is 0. The highest BCUT2D eigenvalue weighted by Gasteiger charge is 2.57. The summed E-state index contributed by atoms with van der Waals surface area (Å²) in [5, 5.41) is 2.41. The first-order chi connectivity index (χ1) is 22.3. The van der Waals surface area contributed by atoms with Crippen LogP contribution >= 0.6 is 0 Å². The first kappa shape index (κ1) is 29.8. The third-order valence-corrected chi connectivity index (χ3v) is 8.43. The van der Waals surface area contributed by atoms with Crippen molar-refractivity contribution in [2.75, 3.05) is 6.61 Å². The van der Waals surface area contributed by atoms with Crippen molar-refractivity contribution in [2.45, 2.75) is 63.2 Å². The van der Waals surface area contributed by atoms with Crippen LogP contribution in [0.1, 0.15) is 22.3 Å². The minimum Gasteiger partial charge on any atom is -0.374 e. The van der Waals surface area contributed by atoms with Gasteiger partial charge in [-0.05, 0) is 39.1 Å². The average Bonchev–Trinajstić information content (AvgIpc) is 3.47. The SMILES string of the molecule is c1ccc(CO[C@@H]2[C@H](OCc3ccccc3)[C@@H]3O[C@H](O[C@@H]3COCc3ccc4ccccc4c3)[C@H]2OCc2ccccc2)cc1. The van der Waals surface area contributed by atoms with E-state index in [0.29, 0.717) is 33.0 Å². The van der Waals surface area contributed by atoms with Crippen molar-refractivity contribution < 1.29 is 28.4 Å². The Morgan fingerprint density at radius 3 is 1.60 bits per heavy atom. The Bertz CT molecular complexity index is 1630. The van der Waals surface area contributed by atoms with Crippen molar-refractivity contribution in [1.82, 2.24) is 0 Å². The Morgan fingerprint density at radius 1 is 0.444 bits per heavy atom. The van der Waals surface area contributed by atoms with Crippen molar-refractivity contribution in [1.29, 1.82) is 0 Å². The zero-order chi connectivity index (χ0) is 30.3. The van der Waals surface area contributed by atoms with Crippen molar-refractivity contribution in [3.8, 4) is 0 Å². The van der Waals surface area contributed by atoms with Crippen LogP contribution in [-0.2, 0) is 54.8 Å². The number of fused-ring (bicyclic) bond motifs is 3. The van der Waals surface area contributed by atoms with E-state index in [4.69, 9.17) is 28.4 Å². The normalized spacial score (nSPS) is 24.2. The van der Waals surface area contributed by atoms with Crippen molar-refractivity contribution in [3.63, 3.8) is 0 Å². The fraction of sp³-hybridized carbons (Fsp3) is 0.282. The number of ether oxygens (including phenoxy) is 6. The van der Waals surface area contributed by atoms with Crippen molar-refractivity contribution >= 4 is 10.8 Å². The molecule has 2 aliphatic rings. The molecule has 45 heavy (non-hydrogen) atoms. The van der Waals surface area contributed by atoms with Gasteiger partial charge >= 0.3 is 0 Å². The number of hydrogen-bond acceptors (Lipinski definition) is 6. The molecule has 0 aliphatic carbocycles. The summed E-state index contributed by atoms with van der Waals surface area (Å²) in [7, 11) is 0. The maximum absolute atomic E-state index is 6.66. The molecule has 6 heteroatoms. The van der Waals surface area contributed by atoms with Gasteiger partial charge in [0.15, 0.2) is 6.29 Å². The molecule has 0 amide bonds. The molecule has 2 fully saturated rings. The predicted molar refractivity (Wildman–Crippen MR) is 172 cm³/mol. The second-order valence-corrected chi connectivity index (χ2v) is 11.6. The molecule has 0 radical (unpaired) electrons. The van der Waals surface area contributed by atoms with Gasteiger partial charge in [-0.15, -0.1) is 0 Å². The van der Waals surface area contributed by atoms with Gasteiger partial charge in [0.05, 0.1) is 33.0 Å². The zero-order valence-corrected chi connectivity index (χ0v) is 25.2. The van der Waals surface area contributed by atoms with Gasteiger partial charge in [0.2, 0.25) is 0 Å². The third kappa shape index (κ3) is 7.34. The minimum atomic E-state index is -0.606. The van der Waals surface area contributed by atoms with E-state index in [1.165, 1.54) is 10.8 Å². The van der Waals surface area contributed by atoms with Crippen LogP contribution in [0.5, 0.6) is 0 Å². The van der Waals surface area contributed by atoms with Crippen LogP contribution in [0.25, 0.3) is 10.8 Å². The second-order valence-electron chi connectivity index (χ2n) is 11.6. The Morgan fingerprint density at radius 2 is 0.978 bits per heavy atom. The quantitative estimate of drug-likeness (QED) is 0.142. The van der Waals surface area contributed by atoms with Gasteiger partial charge in [-0.2, -0.15) is 0 Å². The van der Waals surface area contributed by atoms with Gasteiger partial charge in [0, 0.05) is 0 Å². The highest BCUT2D eigenvalue weighted by atomic mass is 16.8. The number of benzene rings is 5. The summed E-state index contributed by atoms with van der Waals surface area (Å²) < 4.78 is 39.2. The summed E-state index contributed by atoms with van der Waals surface area (Å²) >= 11 is 0. The third-order valence-electron chi connectivity index (χ3n) is 8.43. The summed E-state index contributed by atoms with van der Waals surface area (Å²) in [6.45, 7) is 2.07. The molecule has 7 rings (SSSR count). The van der Waals surface area contributed by atoms with Crippen LogP contribution in [0.3, 0.4) is 0 Å². The van der Waals surface area contributed by atoms with Crippen molar-refractivity contribution in [2.24, 2.45) is 0 Å². The molecular weight excluding hydrogens is 564 g/mol. The fourth-order valence-corrected chi connectivity index (χ4v) is 6.11. The number of rotatable bonds is 13. The predicted octanol–water partition coefficient (Wildman–Crippen LogP) is 7.24. The van der Waals surface area contributed by atoms with Gasteiger partial charge in [-0.3, -0.25) is 0 Å². The van der Waals surface area contributed by atoms with Gasteiger partial charge in [0.1, 0.15) is 30.5 Å². The Kier molecular flexibility index (Phi) is 9.59. The second kappa shape index (κ2) is 14.5. The van der Waals surface area contributed by atoms with E-state index in [1.807, 2.05) is 54.6 Å². The van der Waals surface area contributed by atoms with E-state index in [0.717, 1.165) is 22.3 Å². The lowest BCUT2D eigenvalue weighted by Crippen LogP contribution is -2.57. The zero-order valence-electron chi connectivity index (χ0n) is 25.2. The minimum absolute atomic E-state index is 0.343. The van der Waals surface area contributed by atoms with Crippen LogP contribution in [0.4, 0.5) is 0 Å². The van der Waals surface area contributed by atoms with E-state index < -0.39 is 24.6 Å². The van der Waals surface area contributed by atoms with E-state index >= 15 is 0 Å². The molecule has 230 valence electrons. The molecule has 0 aromatic heterocycles. The van der Waals surface area contributed by atoms with Gasteiger partial charge in [-0.25, -0.2) is 0 Å². The monoisotopic (exact) mass is 602 g/mol. The lowest BCUT2D eigenvalue weighted by molar-refractivity contribution is -0.268. The molecule has 0 unspecified atom stereocenters. The Labute approximate surface area is 264 Å². The smallest absolute Gasteiger partial charge is 0.187 e. The molecule has 6 nitrogen and oxygen atoms in total. The summed E-state index contributed by atoms with van der Waals surface area (Å²) in [5.74, 6) is 0. The summed E-state index contributed by atoms with van der Waals surface area (Å²) in [6.07, 6.45) is -2.70. The average molecular weight is 603 g/mol. The molecule has 2 aliphatic heterocycles. The fourth-order valence-electron chi connectivity index (χ4n) is 6.11. The summed E-state index contributed by atoms with van der Waals surface area (Å²) in [5.41, 5.74) is 4.33. The maximum Gasteiger partial charge on any atom is 0.187 e. The van der Waals surface area contributed by atoms with E-state index in [2.05, 4.69) is 78.9 Å². The molecule has 2 bridgehead atoms. The first-order valence-corrected chi connectivity index (χ1v) is 15.6. The Hall–Kier alpha value is -3.88. The van der Waals surface area contributed by atoms with E-state index in [-0.39, 0.29) is 12.2 Å². The molecule has 5 aromatic rings. The van der Waals surface area contributed by atoms with Crippen LogP contribution in [0, 0.1) is 0 Å². The molecule has 0 spiro atoms. The van der Waals surface area contributed by atoms with E-state index in [1.54, 1.807) is 0 Å². The lowest BCUT2D eigenvalue weighted by atomic mass is 9.97. The van der Waals surface area contributed by atoms with E-state index in [9.17, 15) is 0 Å². The maximum atomic E-state index is 6.66. The molecule has 5 aromatic carbocycles. The van der Waals surface area contributed by atoms with Gasteiger partial charge < -0.3 is 28.4 Å². The first-order valence-electron chi connectivity index (χ1n) is 15.6. The van der Waals surface area contributed by atoms with Crippen molar-refractivity contribution in [3.05, 3.63) is 156 Å². The number of hydrogen-bond donors (Lipinski definition) is 0. The molecule has 2 saturated heterocycles. The van der Waals surface area contributed by atoms with Gasteiger partial charge in [0.25, 0.3) is 0 Å². The summed E-state index contributed by atoms with van der Waals surface area (Å²) in [6, 6.07) is 45.2. The van der Waals surface area contributed by atoms with Crippen LogP contribution in [0.15, 0.2) is 133 Å². The standard InChI is InChI=1S/C39H38O6/c1-4-12-28(13-5-1)24-41-36-35-34(27-40-23-31-20-21-32-18-10-11-19-33(32)22-31)44-39(45-35)38(43-26-30-16-8-3-9-17-30)37(36)42-25-29-14-6-2-7-15-29/h1-22,34-39H,23-27H2/t34-,35-,36-,37-,38+,39+/m1/s1. The molecule has 0 saturated carbocycles. The van der Waals surface area contributed by atoms with Gasteiger partial charge in [-0.1, -0.05) is 127 Å². The lowest BCUT2D eigenvalue weighted by Gasteiger charge is -2.40. The van der Waals surface area contributed by atoms with Crippen LogP contribution in [0.2, 0.25) is 0 Å². The highest BCUT2D eigenvalue weighted by molar-refractivity contribution is 5.82. The molecule has 2 heterocycles. The topological polar surface area (TPSA) is 55.4 Å². The van der Waals surface area contributed by atoms with Crippen LogP contribution < -0.4 is 0 Å². The molecule has 0 N–H and O–H groups in total. The largest absolute Gasteiger partial charge is 0.374 e. The van der Waals surface area contributed by atoms with Crippen LogP contribution in [-0.4, -0.2) is 43.4 Å². The molecule has 6 atom stereocenters.